The summed E-state index contributed by atoms with van der Waals surface area (Å²) in [4.78, 5) is -0.201. The molecule has 20 heavy (non-hydrogen) atoms. The van der Waals surface area contributed by atoms with Crippen molar-refractivity contribution in [3.63, 3.8) is 0 Å². The van der Waals surface area contributed by atoms with Crippen LogP contribution in [0.15, 0.2) is 17.0 Å². The van der Waals surface area contributed by atoms with Gasteiger partial charge in [0.15, 0.2) is 11.6 Å². The van der Waals surface area contributed by atoms with E-state index in [0.717, 1.165) is 10.4 Å². The highest BCUT2D eigenvalue weighted by Gasteiger charge is 2.23. The van der Waals surface area contributed by atoms with Crippen molar-refractivity contribution in [2.24, 2.45) is 0 Å². The number of nitrogens with two attached hydrogens (primary N) is 1. The van der Waals surface area contributed by atoms with Crippen molar-refractivity contribution in [3.8, 4) is 5.75 Å². The first-order chi connectivity index (χ1) is 9.34. The number of nitrogen functional groups attached to an aromatic ring is 1. The second kappa shape index (κ2) is 6.87. The molecule has 0 radical (unpaired) electrons. The normalized spacial score (nSPS) is 11.8. The number of nitrogens with zero attached hydrogens (tertiary/aromatic N) is 1. The minimum atomic E-state index is -3.79. The van der Waals surface area contributed by atoms with Crippen molar-refractivity contribution in [2.75, 3.05) is 40.2 Å². The van der Waals surface area contributed by atoms with Crippen molar-refractivity contribution >= 4 is 15.7 Å². The smallest absolute Gasteiger partial charge is 0.243 e. The molecular weight excluding hydrogens is 287 g/mol. The number of benzene rings is 1. The molecule has 0 spiro atoms. The Balaban J connectivity index is 3.04. The highest BCUT2D eigenvalue weighted by Crippen LogP contribution is 2.29. The fraction of sp³-hybridized carbons (Fsp3) is 0.500. The topological polar surface area (TPSA) is 81.9 Å². The molecule has 0 fully saturated rings. The Kier molecular flexibility index (Phi) is 5.73. The Morgan fingerprint density at radius 2 is 2.00 bits per heavy atom. The van der Waals surface area contributed by atoms with Gasteiger partial charge in [-0.15, -0.1) is 0 Å². The van der Waals surface area contributed by atoms with Crippen LogP contribution in [0.5, 0.6) is 5.75 Å². The van der Waals surface area contributed by atoms with Gasteiger partial charge in [-0.2, -0.15) is 0 Å². The molecule has 114 valence electrons. The van der Waals surface area contributed by atoms with Crippen molar-refractivity contribution in [1.29, 1.82) is 0 Å². The molecule has 0 bridgehead atoms. The van der Waals surface area contributed by atoms with Gasteiger partial charge in [0.1, 0.15) is 0 Å². The van der Waals surface area contributed by atoms with Gasteiger partial charge in [0, 0.05) is 27.3 Å². The van der Waals surface area contributed by atoms with Crippen LogP contribution in [0, 0.1) is 5.82 Å². The molecular formula is C12H19FN2O4S. The number of anilines is 1. The zero-order valence-corrected chi connectivity index (χ0v) is 12.5. The van der Waals surface area contributed by atoms with Gasteiger partial charge in [0.2, 0.25) is 10.0 Å². The molecule has 0 aliphatic carbocycles. The van der Waals surface area contributed by atoms with Crippen LogP contribution in [0.3, 0.4) is 0 Å². The lowest BCUT2D eigenvalue weighted by Crippen LogP contribution is -2.28. The van der Waals surface area contributed by atoms with Crippen molar-refractivity contribution in [3.05, 3.63) is 17.9 Å². The summed E-state index contributed by atoms with van der Waals surface area (Å²) in [6.45, 7) is 0.711. The van der Waals surface area contributed by atoms with Crippen molar-refractivity contribution < 1.29 is 22.3 Å². The molecule has 0 atom stereocenters. The van der Waals surface area contributed by atoms with E-state index in [2.05, 4.69) is 0 Å². The summed E-state index contributed by atoms with van der Waals surface area (Å²) < 4.78 is 49.0. The predicted octanol–water partition coefficient (Wildman–Crippen LogP) is 1.07. The second-order valence-corrected chi connectivity index (χ2v) is 6.25. The first kappa shape index (κ1) is 16.7. The first-order valence-electron chi connectivity index (χ1n) is 5.93. The summed E-state index contributed by atoms with van der Waals surface area (Å²) >= 11 is 0. The Morgan fingerprint density at radius 3 is 2.50 bits per heavy atom. The van der Waals surface area contributed by atoms with Crippen molar-refractivity contribution in [1.82, 2.24) is 4.31 Å². The zero-order chi connectivity index (χ0) is 15.3. The molecule has 0 aliphatic rings. The lowest BCUT2D eigenvalue weighted by molar-refractivity contribution is 0.189. The van der Waals surface area contributed by atoms with E-state index in [1.807, 2.05) is 0 Å². The number of rotatable bonds is 7. The van der Waals surface area contributed by atoms with E-state index in [9.17, 15) is 12.8 Å². The van der Waals surface area contributed by atoms with Crippen LogP contribution in [0.4, 0.5) is 10.1 Å². The quantitative estimate of drug-likeness (QED) is 0.602. The maximum atomic E-state index is 13.7. The Morgan fingerprint density at radius 1 is 1.35 bits per heavy atom. The molecule has 6 nitrogen and oxygen atoms in total. The molecule has 0 saturated heterocycles. The van der Waals surface area contributed by atoms with Gasteiger partial charge in [-0.1, -0.05) is 0 Å². The third-order valence-electron chi connectivity index (χ3n) is 2.78. The predicted molar refractivity (Wildman–Crippen MR) is 73.7 cm³/mol. The van der Waals surface area contributed by atoms with Crippen LogP contribution in [-0.2, 0) is 14.8 Å². The van der Waals surface area contributed by atoms with E-state index in [-0.39, 0.29) is 22.9 Å². The van der Waals surface area contributed by atoms with Gasteiger partial charge in [0.05, 0.1) is 17.7 Å². The van der Waals surface area contributed by atoms with Gasteiger partial charge in [-0.3, -0.25) is 0 Å². The number of ether oxygens (including phenoxy) is 2. The lowest BCUT2D eigenvalue weighted by atomic mass is 10.3. The SMILES string of the molecule is COCCCN(C)S(=O)(=O)c1cc(N)c(OC)c(F)c1. The average Bonchev–Trinajstić information content (AvgIpc) is 2.38. The van der Waals surface area contributed by atoms with Gasteiger partial charge in [0.25, 0.3) is 0 Å². The molecule has 2 N–H and O–H groups in total. The number of methoxy groups -OCH3 is 2. The monoisotopic (exact) mass is 306 g/mol. The van der Waals surface area contributed by atoms with Crippen LogP contribution in [0.1, 0.15) is 6.42 Å². The van der Waals surface area contributed by atoms with Crippen LogP contribution >= 0.6 is 0 Å². The maximum Gasteiger partial charge on any atom is 0.243 e. The standard InChI is InChI=1S/C12H19FN2O4S/c1-15(5-4-6-18-2)20(16,17)9-7-10(13)12(19-3)11(14)8-9/h7-8H,4-6,14H2,1-3H3. The Labute approximate surface area is 118 Å². The molecule has 1 aromatic rings. The largest absolute Gasteiger partial charge is 0.492 e. The van der Waals surface area contributed by atoms with Gasteiger partial charge in [-0.25, -0.2) is 17.1 Å². The van der Waals surface area contributed by atoms with E-state index in [4.69, 9.17) is 15.2 Å². The number of halogens is 1. The fourth-order valence-corrected chi connectivity index (χ4v) is 2.94. The van der Waals surface area contributed by atoms with E-state index >= 15 is 0 Å². The third kappa shape index (κ3) is 3.59. The first-order valence-corrected chi connectivity index (χ1v) is 7.37. The average molecular weight is 306 g/mol. The lowest BCUT2D eigenvalue weighted by Gasteiger charge is -2.18. The summed E-state index contributed by atoms with van der Waals surface area (Å²) in [5, 5.41) is 0. The highest BCUT2D eigenvalue weighted by molar-refractivity contribution is 7.89. The number of sulfonamides is 1. The van der Waals surface area contributed by atoms with Crippen molar-refractivity contribution in [2.45, 2.75) is 11.3 Å². The summed E-state index contributed by atoms with van der Waals surface area (Å²) in [6, 6.07) is 2.08. The fourth-order valence-electron chi connectivity index (χ4n) is 1.68. The Bertz CT molecular complexity index is 540. The minimum absolute atomic E-state index is 0.0589. The molecule has 0 aliphatic heterocycles. The molecule has 0 heterocycles. The molecule has 0 aromatic heterocycles. The summed E-state index contributed by atoms with van der Waals surface area (Å²) in [5.74, 6) is -0.970. The molecule has 1 rings (SSSR count). The molecule has 8 heteroatoms. The second-order valence-electron chi connectivity index (χ2n) is 4.20. The summed E-state index contributed by atoms with van der Waals surface area (Å²) in [5.41, 5.74) is 5.52. The van der Waals surface area contributed by atoms with Gasteiger partial charge < -0.3 is 15.2 Å². The molecule has 0 saturated carbocycles. The van der Waals surface area contributed by atoms with Crippen LogP contribution in [-0.4, -0.2) is 47.1 Å². The van der Waals surface area contributed by atoms with Crippen LogP contribution in [0.25, 0.3) is 0 Å². The zero-order valence-electron chi connectivity index (χ0n) is 11.7. The Hall–Kier alpha value is -1.38. The number of hydrogen-bond acceptors (Lipinski definition) is 5. The van der Waals surface area contributed by atoms with E-state index < -0.39 is 15.8 Å². The summed E-state index contributed by atoms with van der Waals surface area (Å²) in [7, 11) is 0.432. The third-order valence-corrected chi connectivity index (χ3v) is 4.61. The minimum Gasteiger partial charge on any atom is -0.492 e. The van der Waals surface area contributed by atoms with Gasteiger partial charge in [-0.05, 0) is 18.6 Å². The maximum absolute atomic E-state index is 13.7. The highest BCUT2D eigenvalue weighted by atomic mass is 32.2. The molecule has 1 aromatic carbocycles. The van der Waals surface area contributed by atoms with Crippen LogP contribution < -0.4 is 10.5 Å². The van der Waals surface area contributed by atoms with E-state index in [1.54, 1.807) is 0 Å². The molecule has 0 unspecified atom stereocenters. The molecule has 0 amide bonds. The summed E-state index contributed by atoms with van der Waals surface area (Å²) in [6.07, 6.45) is 0.542. The van der Waals surface area contributed by atoms with Crippen LogP contribution in [0.2, 0.25) is 0 Å². The van der Waals surface area contributed by atoms with Gasteiger partial charge >= 0.3 is 0 Å². The van der Waals surface area contributed by atoms with E-state index in [0.29, 0.717) is 13.0 Å². The van der Waals surface area contributed by atoms with E-state index in [1.165, 1.54) is 27.3 Å². The number of hydrogen-bond donors (Lipinski definition) is 1.